The lowest BCUT2D eigenvalue weighted by molar-refractivity contribution is 0.0169. The summed E-state index contributed by atoms with van der Waals surface area (Å²) in [6, 6.07) is 13.4. The molecule has 0 saturated carbocycles. The summed E-state index contributed by atoms with van der Waals surface area (Å²) in [7, 11) is 1.77. The molecule has 2 heterocycles. The number of H-pyrrole nitrogens is 1. The minimum atomic E-state index is -0.211. The highest BCUT2D eigenvalue weighted by molar-refractivity contribution is 5.84. The summed E-state index contributed by atoms with van der Waals surface area (Å²) in [4.78, 5) is 10.1. The van der Waals surface area contributed by atoms with Crippen molar-refractivity contribution in [2.24, 2.45) is 4.99 Å². The summed E-state index contributed by atoms with van der Waals surface area (Å²) in [5.41, 5.74) is 4.67. The molecule has 2 aromatic carbocycles. The summed E-state index contributed by atoms with van der Waals surface area (Å²) >= 11 is 0. The molecule has 0 spiro atoms. The first-order valence-electron chi connectivity index (χ1n) is 11.2. The zero-order valence-electron chi connectivity index (χ0n) is 18.8. The zero-order chi connectivity index (χ0) is 22.3. The van der Waals surface area contributed by atoms with Crippen LogP contribution in [0.4, 0.5) is 4.39 Å². The van der Waals surface area contributed by atoms with Gasteiger partial charge in [0.15, 0.2) is 5.96 Å². The van der Waals surface area contributed by atoms with Crippen molar-refractivity contribution in [3.8, 4) is 0 Å². The fourth-order valence-corrected chi connectivity index (χ4v) is 4.30. The SMILES string of the molecule is CN=C(NCCc1c[nH]c2cc(C)ccc12)NCC(c1cccc(F)c1)N1CCOCC1. The van der Waals surface area contributed by atoms with Crippen LogP contribution < -0.4 is 10.6 Å². The van der Waals surface area contributed by atoms with E-state index in [4.69, 9.17) is 4.74 Å². The van der Waals surface area contributed by atoms with Crippen molar-refractivity contribution in [1.29, 1.82) is 0 Å². The molecule has 7 heteroatoms. The van der Waals surface area contributed by atoms with Gasteiger partial charge in [-0.2, -0.15) is 0 Å². The Balaban J connectivity index is 1.36. The highest BCUT2D eigenvalue weighted by Crippen LogP contribution is 2.22. The van der Waals surface area contributed by atoms with Crippen molar-refractivity contribution < 1.29 is 9.13 Å². The van der Waals surface area contributed by atoms with Crippen molar-refractivity contribution in [2.45, 2.75) is 19.4 Å². The van der Waals surface area contributed by atoms with E-state index >= 15 is 0 Å². The number of nitrogens with zero attached hydrogens (tertiary/aromatic N) is 2. The van der Waals surface area contributed by atoms with Gasteiger partial charge in [0.05, 0.1) is 19.3 Å². The third kappa shape index (κ3) is 5.47. The van der Waals surface area contributed by atoms with Gasteiger partial charge in [0.2, 0.25) is 0 Å². The van der Waals surface area contributed by atoms with E-state index in [2.05, 4.69) is 56.8 Å². The predicted molar refractivity (Wildman–Crippen MR) is 128 cm³/mol. The lowest BCUT2D eigenvalue weighted by atomic mass is 10.0. The van der Waals surface area contributed by atoms with E-state index in [0.717, 1.165) is 37.6 Å². The standard InChI is InChI=1S/C25H32FN5O/c1-18-6-7-22-20(16-29-23(22)14-18)8-9-28-25(27-2)30-17-24(31-10-12-32-13-11-31)19-4-3-5-21(26)15-19/h3-7,14-16,24,29H,8-13,17H2,1-2H3,(H2,27,28,30). The number of aromatic amines is 1. The van der Waals surface area contributed by atoms with Gasteiger partial charge in [0.25, 0.3) is 0 Å². The fourth-order valence-electron chi connectivity index (χ4n) is 4.30. The van der Waals surface area contributed by atoms with Gasteiger partial charge in [-0.25, -0.2) is 4.39 Å². The maximum atomic E-state index is 13.9. The monoisotopic (exact) mass is 437 g/mol. The van der Waals surface area contributed by atoms with Gasteiger partial charge in [-0.15, -0.1) is 0 Å². The lowest BCUT2D eigenvalue weighted by Crippen LogP contribution is -2.46. The number of morpholine rings is 1. The molecule has 4 rings (SSSR count). The van der Waals surface area contributed by atoms with Crippen molar-refractivity contribution in [3.05, 3.63) is 71.2 Å². The van der Waals surface area contributed by atoms with Gasteiger partial charge in [-0.3, -0.25) is 9.89 Å². The van der Waals surface area contributed by atoms with Crippen LogP contribution in [0.15, 0.2) is 53.7 Å². The summed E-state index contributed by atoms with van der Waals surface area (Å²) in [5, 5.41) is 8.11. The van der Waals surface area contributed by atoms with Gasteiger partial charge < -0.3 is 20.4 Å². The molecule has 0 bridgehead atoms. The highest BCUT2D eigenvalue weighted by atomic mass is 19.1. The van der Waals surface area contributed by atoms with Crippen LogP contribution in [0.5, 0.6) is 0 Å². The third-order valence-electron chi connectivity index (χ3n) is 6.02. The topological polar surface area (TPSA) is 64.7 Å². The van der Waals surface area contributed by atoms with Crippen LogP contribution in [0.1, 0.15) is 22.7 Å². The molecule has 6 nitrogen and oxygen atoms in total. The zero-order valence-corrected chi connectivity index (χ0v) is 18.8. The Morgan fingerprint density at radius 2 is 2.03 bits per heavy atom. The Bertz CT molecular complexity index is 1060. The molecular formula is C25H32FN5O. The van der Waals surface area contributed by atoms with Gasteiger partial charge >= 0.3 is 0 Å². The van der Waals surface area contributed by atoms with Gasteiger partial charge in [-0.05, 0) is 48.2 Å². The van der Waals surface area contributed by atoms with E-state index < -0.39 is 0 Å². The summed E-state index contributed by atoms with van der Waals surface area (Å²) in [6.07, 6.45) is 2.97. The van der Waals surface area contributed by atoms with Crippen LogP contribution in [0, 0.1) is 12.7 Å². The van der Waals surface area contributed by atoms with E-state index in [1.54, 1.807) is 19.2 Å². The molecule has 1 saturated heterocycles. The average molecular weight is 438 g/mol. The quantitative estimate of drug-likeness (QED) is 0.392. The Kier molecular flexibility index (Phi) is 7.39. The van der Waals surface area contributed by atoms with Crippen molar-refractivity contribution >= 4 is 16.9 Å². The van der Waals surface area contributed by atoms with Gasteiger partial charge in [0, 0.05) is 50.3 Å². The maximum Gasteiger partial charge on any atom is 0.191 e. The third-order valence-corrected chi connectivity index (χ3v) is 6.02. The Labute approximate surface area is 188 Å². The number of hydrogen-bond donors (Lipinski definition) is 3. The van der Waals surface area contributed by atoms with E-state index in [-0.39, 0.29) is 11.9 Å². The highest BCUT2D eigenvalue weighted by Gasteiger charge is 2.23. The Hall–Kier alpha value is -2.90. The molecule has 1 fully saturated rings. The first kappa shape index (κ1) is 22.3. The number of nitrogens with one attached hydrogen (secondary N) is 3. The number of aliphatic imine (C=N–C) groups is 1. The first-order chi connectivity index (χ1) is 15.6. The van der Waals surface area contributed by atoms with Crippen molar-refractivity contribution in [3.63, 3.8) is 0 Å². The lowest BCUT2D eigenvalue weighted by Gasteiger charge is -2.35. The summed E-state index contributed by atoms with van der Waals surface area (Å²) < 4.78 is 19.4. The number of benzene rings is 2. The molecule has 0 radical (unpaired) electrons. The number of fused-ring (bicyclic) bond motifs is 1. The minimum Gasteiger partial charge on any atom is -0.379 e. The average Bonchev–Trinajstić information content (AvgIpc) is 3.20. The molecule has 1 unspecified atom stereocenters. The largest absolute Gasteiger partial charge is 0.379 e. The molecule has 32 heavy (non-hydrogen) atoms. The van der Waals surface area contributed by atoms with Crippen LogP contribution >= 0.6 is 0 Å². The predicted octanol–water partition coefficient (Wildman–Crippen LogP) is 3.40. The second-order valence-corrected chi connectivity index (χ2v) is 8.21. The van der Waals surface area contributed by atoms with Gasteiger partial charge in [0.1, 0.15) is 5.82 Å². The second kappa shape index (κ2) is 10.6. The number of ether oxygens (including phenoxy) is 1. The number of rotatable bonds is 7. The molecule has 3 aromatic rings. The van der Waals surface area contributed by atoms with Crippen molar-refractivity contribution in [1.82, 2.24) is 20.5 Å². The van der Waals surface area contributed by atoms with Gasteiger partial charge in [-0.1, -0.05) is 24.3 Å². The van der Waals surface area contributed by atoms with Crippen LogP contribution in [0.25, 0.3) is 10.9 Å². The molecule has 0 aliphatic carbocycles. The first-order valence-corrected chi connectivity index (χ1v) is 11.2. The smallest absolute Gasteiger partial charge is 0.191 e. The van der Waals surface area contributed by atoms with Crippen LogP contribution in [-0.2, 0) is 11.2 Å². The van der Waals surface area contributed by atoms with Crippen LogP contribution in [-0.4, -0.2) is 62.3 Å². The van der Waals surface area contributed by atoms with E-state index in [9.17, 15) is 4.39 Å². The molecule has 170 valence electrons. The normalized spacial score (nSPS) is 16.3. The second-order valence-electron chi connectivity index (χ2n) is 8.21. The summed E-state index contributed by atoms with van der Waals surface area (Å²) in [5.74, 6) is 0.535. The molecule has 1 aliphatic rings. The van der Waals surface area contributed by atoms with E-state index in [1.165, 1.54) is 28.1 Å². The number of halogens is 1. The molecule has 1 aliphatic heterocycles. The Morgan fingerprint density at radius 3 is 2.81 bits per heavy atom. The minimum absolute atomic E-state index is 0.0463. The number of aromatic nitrogens is 1. The summed E-state index contributed by atoms with van der Waals surface area (Å²) in [6.45, 7) is 6.55. The van der Waals surface area contributed by atoms with Crippen LogP contribution in [0.2, 0.25) is 0 Å². The number of guanidine groups is 1. The molecule has 1 atom stereocenters. The number of aryl methyl sites for hydroxylation is 1. The van der Waals surface area contributed by atoms with Crippen LogP contribution in [0.3, 0.4) is 0 Å². The van der Waals surface area contributed by atoms with Crippen molar-refractivity contribution in [2.75, 3.05) is 46.4 Å². The number of hydrogen-bond acceptors (Lipinski definition) is 3. The van der Waals surface area contributed by atoms with E-state index in [1.807, 2.05) is 6.07 Å². The molecule has 1 aromatic heterocycles. The molecular weight excluding hydrogens is 405 g/mol. The maximum absolute atomic E-state index is 13.9. The molecule has 0 amide bonds. The molecule has 3 N–H and O–H groups in total. The van der Waals surface area contributed by atoms with E-state index in [0.29, 0.717) is 19.8 Å². The fraction of sp³-hybridized carbons (Fsp3) is 0.400. The Morgan fingerprint density at radius 1 is 1.19 bits per heavy atom.